The second-order valence-electron chi connectivity index (χ2n) is 7.53. The van der Waals surface area contributed by atoms with Crippen LogP contribution >= 0.6 is 0 Å². The first-order valence-corrected chi connectivity index (χ1v) is 8.29. The molecule has 0 aliphatic heterocycles. The van der Waals surface area contributed by atoms with Crippen molar-refractivity contribution in [2.75, 3.05) is 14.2 Å². The van der Waals surface area contributed by atoms with E-state index in [4.69, 9.17) is 14.2 Å². The number of esters is 2. The van der Waals surface area contributed by atoms with Gasteiger partial charge >= 0.3 is 24.1 Å². The molecule has 0 aromatic heterocycles. The van der Waals surface area contributed by atoms with Crippen molar-refractivity contribution in [1.82, 2.24) is 4.90 Å². The van der Waals surface area contributed by atoms with Crippen molar-refractivity contribution >= 4 is 24.1 Å². The zero-order valence-electron chi connectivity index (χ0n) is 17.2. The zero-order valence-corrected chi connectivity index (χ0v) is 17.2. The van der Waals surface area contributed by atoms with Gasteiger partial charge in [-0.1, -0.05) is 6.08 Å². The highest BCUT2D eigenvalue weighted by Gasteiger charge is 2.40. The van der Waals surface area contributed by atoms with Crippen LogP contribution in [0.25, 0.3) is 0 Å². The van der Waals surface area contributed by atoms with Crippen molar-refractivity contribution in [3.63, 3.8) is 0 Å². The van der Waals surface area contributed by atoms with Crippen LogP contribution in [0.15, 0.2) is 12.2 Å². The lowest BCUT2D eigenvalue weighted by atomic mass is 10.1. The Morgan fingerprint density at radius 2 is 1.30 bits per heavy atom. The summed E-state index contributed by atoms with van der Waals surface area (Å²) in [7, 11) is 2.31. The maximum absolute atomic E-state index is 12.6. The van der Waals surface area contributed by atoms with Crippen LogP contribution in [-0.2, 0) is 28.5 Å². The molecule has 0 saturated heterocycles. The van der Waals surface area contributed by atoms with E-state index >= 15 is 0 Å². The SMILES string of the molecule is COC(=O)/C=C/CC(C(=O)OC)N(C(=O)OC(C)(C)C)C(=O)OC(C)(C)C. The maximum atomic E-state index is 12.6. The first-order chi connectivity index (χ1) is 12.2. The fourth-order valence-electron chi connectivity index (χ4n) is 1.76. The predicted octanol–water partition coefficient (Wildman–Crippen LogP) is 2.82. The molecule has 0 aromatic rings. The van der Waals surface area contributed by atoms with Gasteiger partial charge in [0, 0.05) is 6.08 Å². The zero-order chi connectivity index (χ0) is 21.4. The van der Waals surface area contributed by atoms with Gasteiger partial charge in [-0.3, -0.25) is 0 Å². The molecule has 9 heteroatoms. The fourth-order valence-corrected chi connectivity index (χ4v) is 1.76. The van der Waals surface area contributed by atoms with E-state index in [-0.39, 0.29) is 6.42 Å². The quantitative estimate of drug-likeness (QED) is 0.402. The Hall–Kier alpha value is -2.58. The van der Waals surface area contributed by atoms with E-state index in [1.54, 1.807) is 41.5 Å². The second-order valence-corrected chi connectivity index (χ2v) is 7.53. The largest absolute Gasteiger partial charge is 0.467 e. The summed E-state index contributed by atoms with van der Waals surface area (Å²) in [6.45, 7) is 9.68. The third kappa shape index (κ3) is 9.62. The molecule has 0 radical (unpaired) electrons. The van der Waals surface area contributed by atoms with Crippen LogP contribution in [0.5, 0.6) is 0 Å². The summed E-state index contributed by atoms with van der Waals surface area (Å²) in [5, 5.41) is 0. The van der Waals surface area contributed by atoms with Crippen molar-refractivity contribution < 1.29 is 38.1 Å². The number of hydrogen-bond donors (Lipinski definition) is 0. The minimum absolute atomic E-state index is 0.194. The average molecular weight is 387 g/mol. The van der Waals surface area contributed by atoms with Gasteiger partial charge in [-0.25, -0.2) is 19.2 Å². The molecule has 27 heavy (non-hydrogen) atoms. The number of ether oxygens (including phenoxy) is 4. The fraction of sp³-hybridized carbons (Fsp3) is 0.667. The van der Waals surface area contributed by atoms with Crippen molar-refractivity contribution in [1.29, 1.82) is 0 Å². The first kappa shape index (κ1) is 24.4. The number of carbonyl (C=O) groups excluding carboxylic acids is 4. The number of methoxy groups -OCH3 is 2. The van der Waals surface area contributed by atoms with Gasteiger partial charge in [0.1, 0.15) is 17.2 Å². The molecule has 9 nitrogen and oxygen atoms in total. The highest BCUT2D eigenvalue weighted by molar-refractivity contribution is 5.94. The van der Waals surface area contributed by atoms with Gasteiger partial charge in [-0.2, -0.15) is 4.90 Å². The molecule has 1 unspecified atom stereocenters. The topological polar surface area (TPSA) is 108 Å². The van der Waals surface area contributed by atoms with Crippen LogP contribution in [0.1, 0.15) is 48.0 Å². The second kappa shape index (κ2) is 9.94. The van der Waals surface area contributed by atoms with Gasteiger partial charge in [0.25, 0.3) is 0 Å². The highest BCUT2D eigenvalue weighted by Crippen LogP contribution is 2.19. The van der Waals surface area contributed by atoms with E-state index in [0.29, 0.717) is 4.90 Å². The predicted molar refractivity (Wildman–Crippen MR) is 95.9 cm³/mol. The Morgan fingerprint density at radius 1 is 0.852 bits per heavy atom. The van der Waals surface area contributed by atoms with Gasteiger partial charge in [0.05, 0.1) is 14.2 Å². The summed E-state index contributed by atoms with van der Waals surface area (Å²) in [5.74, 6) is -1.53. The summed E-state index contributed by atoms with van der Waals surface area (Å²) in [6.07, 6.45) is 0.0190. The van der Waals surface area contributed by atoms with Crippen molar-refractivity contribution in [2.45, 2.75) is 65.2 Å². The summed E-state index contributed by atoms with van der Waals surface area (Å²) in [6, 6.07) is -1.39. The smallest absolute Gasteiger partial charge is 0.420 e. The molecule has 0 heterocycles. The number of hydrogen-bond acceptors (Lipinski definition) is 8. The molecule has 1 atom stereocenters. The number of nitrogens with zero attached hydrogens (tertiary/aromatic N) is 1. The molecule has 0 rings (SSSR count). The number of imide groups is 1. The molecule has 0 spiro atoms. The molecule has 0 N–H and O–H groups in total. The molecule has 0 fully saturated rings. The van der Waals surface area contributed by atoms with Crippen LogP contribution in [0.4, 0.5) is 9.59 Å². The third-order valence-electron chi connectivity index (χ3n) is 2.78. The lowest BCUT2D eigenvalue weighted by Gasteiger charge is -2.31. The number of rotatable bonds is 5. The van der Waals surface area contributed by atoms with E-state index < -0.39 is 41.4 Å². The van der Waals surface area contributed by atoms with Crippen molar-refractivity contribution in [3.05, 3.63) is 12.2 Å². The molecular weight excluding hydrogens is 358 g/mol. The monoisotopic (exact) mass is 387 g/mol. The lowest BCUT2D eigenvalue weighted by Crippen LogP contribution is -2.52. The van der Waals surface area contributed by atoms with E-state index in [2.05, 4.69) is 4.74 Å². The molecule has 154 valence electrons. The Bertz CT molecular complexity index is 555. The van der Waals surface area contributed by atoms with Crippen LogP contribution in [-0.4, -0.2) is 60.5 Å². The Kier molecular flexibility index (Phi) is 8.99. The molecule has 0 bridgehead atoms. The van der Waals surface area contributed by atoms with Crippen LogP contribution in [0.2, 0.25) is 0 Å². The van der Waals surface area contributed by atoms with Gasteiger partial charge in [-0.05, 0) is 48.0 Å². The van der Waals surface area contributed by atoms with Gasteiger partial charge in [0.15, 0.2) is 0 Å². The van der Waals surface area contributed by atoms with Crippen molar-refractivity contribution in [3.8, 4) is 0 Å². The molecule has 0 aromatic carbocycles. The summed E-state index contributed by atoms with van der Waals surface area (Å²) in [5.41, 5.74) is -1.83. The molecule has 2 amide bonds. The average Bonchev–Trinajstić information content (AvgIpc) is 2.49. The van der Waals surface area contributed by atoms with Crippen LogP contribution < -0.4 is 0 Å². The Labute approximate surface area is 159 Å². The molecule has 0 aliphatic rings. The Morgan fingerprint density at radius 3 is 1.63 bits per heavy atom. The molecule has 0 saturated carbocycles. The van der Waals surface area contributed by atoms with Gasteiger partial charge in [-0.15, -0.1) is 0 Å². The lowest BCUT2D eigenvalue weighted by molar-refractivity contribution is -0.146. The normalized spacial score (nSPS) is 12.9. The Balaban J connectivity index is 5.84. The standard InChI is InChI=1S/C18H29NO8/c1-17(2,3)26-15(22)19(16(23)27-18(4,5)6)12(14(21)25-8)10-9-11-13(20)24-7/h9,11-12H,10H2,1-8H3/b11-9+. The van der Waals surface area contributed by atoms with Gasteiger partial charge < -0.3 is 18.9 Å². The molecule has 0 aliphatic carbocycles. The van der Waals surface area contributed by atoms with Crippen LogP contribution in [0, 0.1) is 0 Å². The summed E-state index contributed by atoms with van der Waals surface area (Å²) in [4.78, 5) is 49.1. The van der Waals surface area contributed by atoms with E-state index in [1.165, 1.54) is 13.2 Å². The van der Waals surface area contributed by atoms with E-state index in [1.807, 2.05) is 0 Å². The molecular formula is C18H29NO8. The summed E-state index contributed by atoms with van der Waals surface area (Å²) < 4.78 is 19.6. The third-order valence-corrected chi connectivity index (χ3v) is 2.78. The number of amides is 2. The highest BCUT2D eigenvalue weighted by atomic mass is 16.6. The first-order valence-electron chi connectivity index (χ1n) is 8.29. The minimum atomic E-state index is -1.39. The van der Waals surface area contributed by atoms with Crippen LogP contribution in [0.3, 0.4) is 0 Å². The van der Waals surface area contributed by atoms with Crippen molar-refractivity contribution in [2.24, 2.45) is 0 Å². The van der Waals surface area contributed by atoms with E-state index in [0.717, 1.165) is 13.2 Å². The number of carbonyl (C=O) groups is 4. The summed E-state index contributed by atoms with van der Waals surface area (Å²) >= 11 is 0. The van der Waals surface area contributed by atoms with Gasteiger partial charge in [0.2, 0.25) is 0 Å². The van der Waals surface area contributed by atoms with E-state index in [9.17, 15) is 19.2 Å². The maximum Gasteiger partial charge on any atom is 0.420 e. The minimum Gasteiger partial charge on any atom is -0.467 e.